The summed E-state index contributed by atoms with van der Waals surface area (Å²) in [6.07, 6.45) is 2.22. The number of benzene rings is 1. The number of esters is 1. The van der Waals surface area contributed by atoms with Gasteiger partial charge in [0.05, 0.1) is 19.3 Å². The van der Waals surface area contributed by atoms with Gasteiger partial charge in [0, 0.05) is 5.92 Å². The summed E-state index contributed by atoms with van der Waals surface area (Å²) in [5.74, 6) is 1.60. The number of carbonyl (C=O) groups excluding carboxylic acids is 1. The van der Waals surface area contributed by atoms with Crippen molar-refractivity contribution in [2.45, 2.75) is 19.8 Å². The summed E-state index contributed by atoms with van der Waals surface area (Å²) < 4.78 is 10.4. The molecule has 0 saturated heterocycles. The smallest absolute Gasteiger partial charge is 0.337 e. The first-order chi connectivity index (χ1) is 8.71. The Hall–Kier alpha value is -1.16. The van der Waals surface area contributed by atoms with Crippen LogP contribution in [-0.4, -0.2) is 25.4 Å². The Morgan fingerprint density at radius 2 is 2.22 bits per heavy atom. The molecule has 4 heteroatoms. The number of hydrogen-bond donors (Lipinski definition) is 1. The van der Waals surface area contributed by atoms with Crippen molar-refractivity contribution in [2.24, 2.45) is 5.92 Å². The Kier molecular flexibility index (Phi) is 6.65. The van der Waals surface area contributed by atoms with Crippen molar-refractivity contribution in [1.82, 2.24) is 0 Å². The van der Waals surface area contributed by atoms with Gasteiger partial charge in [-0.2, -0.15) is 12.6 Å². The normalized spacial score (nSPS) is 11.9. The average molecular weight is 268 g/mol. The molecule has 3 nitrogen and oxygen atoms in total. The number of thiol groups is 1. The van der Waals surface area contributed by atoms with Gasteiger partial charge < -0.3 is 9.47 Å². The maximum atomic E-state index is 11.4. The molecule has 0 bridgehead atoms. The molecule has 1 rings (SSSR count). The van der Waals surface area contributed by atoms with Gasteiger partial charge >= 0.3 is 5.97 Å². The second kappa shape index (κ2) is 8.03. The van der Waals surface area contributed by atoms with Crippen LogP contribution in [0.25, 0.3) is 0 Å². The molecular formula is C14H20O3S. The highest BCUT2D eigenvalue weighted by Gasteiger charge is 2.09. The van der Waals surface area contributed by atoms with Crippen molar-refractivity contribution >= 4 is 18.6 Å². The third-order valence-electron chi connectivity index (χ3n) is 2.70. The van der Waals surface area contributed by atoms with Crippen molar-refractivity contribution < 1.29 is 14.3 Å². The Morgan fingerprint density at radius 1 is 1.44 bits per heavy atom. The molecule has 0 aliphatic heterocycles. The molecule has 0 aromatic heterocycles. The number of carbonyl (C=O) groups is 1. The van der Waals surface area contributed by atoms with E-state index in [9.17, 15) is 4.79 Å². The largest absolute Gasteiger partial charge is 0.493 e. The Labute approximate surface area is 114 Å². The molecule has 0 saturated carbocycles. The lowest BCUT2D eigenvalue weighted by atomic mass is 10.1. The van der Waals surface area contributed by atoms with Gasteiger partial charge in [-0.15, -0.1) is 0 Å². The number of hydrogen-bond acceptors (Lipinski definition) is 4. The summed E-state index contributed by atoms with van der Waals surface area (Å²) in [5, 5.41) is 0. The SMILES string of the molecule is CCCC(CS)COc1cccc(C(=O)OC)c1. The second-order valence-electron chi connectivity index (χ2n) is 4.17. The van der Waals surface area contributed by atoms with Crippen LogP contribution in [0.1, 0.15) is 30.1 Å². The van der Waals surface area contributed by atoms with Gasteiger partial charge in [0.25, 0.3) is 0 Å². The monoisotopic (exact) mass is 268 g/mol. The molecule has 0 heterocycles. The molecule has 1 aromatic rings. The Bertz CT molecular complexity index is 379. The molecule has 0 N–H and O–H groups in total. The molecule has 18 heavy (non-hydrogen) atoms. The van der Waals surface area contributed by atoms with Crippen LogP contribution in [0.5, 0.6) is 5.75 Å². The van der Waals surface area contributed by atoms with Gasteiger partial charge in [-0.25, -0.2) is 4.79 Å². The standard InChI is InChI=1S/C14H20O3S/c1-3-5-11(10-18)9-17-13-7-4-6-12(8-13)14(15)16-2/h4,6-8,11,18H,3,5,9-10H2,1-2H3. The van der Waals surface area contributed by atoms with Gasteiger partial charge in [0.15, 0.2) is 0 Å². The van der Waals surface area contributed by atoms with E-state index in [4.69, 9.17) is 4.74 Å². The van der Waals surface area contributed by atoms with E-state index < -0.39 is 0 Å². The Balaban J connectivity index is 2.59. The first kappa shape index (κ1) is 14.9. The van der Waals surface area contributed by atoms with E-state index in [1.54, 1.807) is 18.2 Å². The number of ether oxygens (including phenoxy) is 2. The van der Waals surface area contributed by atoms with E-state index in [0.717, 1.165) is 18.6 Å². The third kappa shape index (κ3) is 4.61. The van der Waals surface area contributed by atoms with Crippen molar-refractivity contribution in [1.29, 1.82) is 0 Å². The van der Waals surface area contributed by atoms with Crippen molar-refractivity contribution in [3.8, 4) is 5.75 Å². The van der Waals surface area contributed by atoms with Crippen LogP contribution in [0.15, 0.2) is 24.3 Å². The molecule has 1 aromatic carbocycles. The van der Waals surface area contributed by atoms with Gasteiger partial charge in [0.2, 0.25) is 0 Å². The van der Waals surface area contributed by atoms with E-state index in [2.05, 4.69) is 24.3 Å². The van der Waals surface area contributed by atoms with E-state index in [-0.39, 0.29) is 5.97 Å². The molecule has 0 spiro atoms. The zero-order chi connectivity index (χ0) is 13.4. The quantitative estimate of drug-likeness (QED) is 0.609. The van der Waals surface area contributed by atoms with Crippen LogP contribution in [0.3, 0.4) is 0 Å². The molecule has 0 fully saturated rings. The first-order valence-corrected chi connectivity index (χ1v) is 6.76. The molecule has 0 amide bonds. The summed E-state index contributed by atoms with van der Waals surface area (Å²) in [4.78, 5) is 11.4. The van der Waals surface area contributed by atoms with Crippen LogP contribution >= 0.6 is 12.6 Å². The minimum atomic E-state index is -0.347. The minimum Gasteiger partial charge on any atom is -0.493 e. The zero-order valence-electron chi connectivity index (χ0n) is 10.9. The van der Waals surface area contributed by atoms with Crippen molar-refractivity contribution in [2.75, 3.05) is 19.5 Å². The molecule has 1 unspecified atom stereocenters. The molecule has 0 aliphatic carbocycles. The summed E-state index contributed by atoms with van der Waals surface area (Å²) >= 11 is 4.31. The van der Waals surface area contributed by atoms with E-state index in [1.165, 1.54) is 7.11 Å². The highest BCUT2D eigenvalue weighted by atomic mass is 32.1. The predicted molar refractivity (Wildman–Crippen MR) is 75.5 cm³/mol. The van der Waals surface area contributed by atoms with Crippen LogP contribution in [0.4, 0.5) is 0 Å². The number of methoxy groups -OCH3 is 1. The van der Waals surface area contributed by atoms with E-state index in [0.29, 0.717) is 23.8 Å². The van der Waals surface area contributed by atoms with Gasteiger partial charge in [0.1, 0.15) is 5.75 Å². The molecule has 0 radical (unpaired) electrons. The first-order valence-electron chi connectivity index (χ1n) is 6.13. The Morgan fingerprint density at radius 3 is 2.83 bits per heavy atom. The van der Waals surface area contributed by atoms with Crippen LogP contribution in [0.2, 0.25) is 0 Å². The minimum absolute atomic E-state index is 0.347. The van der Waals surface area contributed by atoms with Crippen molar-refractivity contribution in [3.63, 3.8) is 0 Å². The lowest BCUT2D eigenvalue weighted by Crippen LogP contribution is -2.13. The fraction of sp³-hybridized carbons (Fsp3) is 0.500. The van der Waals surface area contributed by atoms with Crippen LogP contribution in [-0.2, 0) is 4.74 Å². The molecule has 100 valence electrons. The third-order valence-corrected chi connectivity index (χ3v) is 3.21. The zero-order valence-corrected chi connectivity index (χ0v) is 11.8. The lowest BCUT2D eigenvalue weighted by molar-refractivity contribution is 0.0600. The summed E-state index contributed by atoms with van der Waals surface area (Å²) in [6, 6.07) is 7.04. The summed E-state index contributed by atoms with van der Waals surface area (Å²) in [7, 11) is 1.37. The number of rotatable bonds is 7. The summed E-state index contributed by atoms with van der Waals surface area (Å²) in [6.45, 7) is 2.77. The summed E-state index contributed by atoms with van der Waals surface area (Å²) in [5.41, 5.74) is 0.507. The van der Waals surface area contributed by atoms with E-state index >= 15 is 0 Å². The van der Waals surface area contributed by atoms with Crippen LogP contribution in [0, 0.1) is 5.92 Å². The van der Waals surface area contributed by atoms with E-state index in [1.807, 2.05) is 6.07 Å². The van der Waals surface area contributed by atoms with Crippen LogP contribution < -0.4 is 4.74 Å². The fourth-order valence-electron chi connectivity index (χ4n) is 1.68. The molecule has 0 aliphatic rings. The van der Waals surface area contributed by atoms with Crippen molar-refractivity contribution in [3.05, 3.63) is 29.8 Å². The maximum absolute atomic E-state index is 11.4. The lowest BCUT2D eigenvalue weighted by Gasteiger charge is -2.14. The van der Waals surface area contributed by atoms with Gasteiger partial charge in [-0.05, 0) is 30.4 Å². The highest BCUT2D eigenvalue weighted by Crippen LogP contribution is 2.16. The van der Waals surface area contributed by atoms with Gasteiger partial charge in [-0.1, -0.05) is 19.4 Å². The predicted octanol–water partition coefficient (Wildman–Crippen LogP) is 3.20. The molecule has 1 atom stereocenters. The topological polar surface area (TPSA) is 35.5 Å². The van der Waals surface area contributed by atoms with Gasteiger partial charge in [-0.3, -0.25) is 0 Å². The molecular weight excluding hydrogens is 248 g/mol. The fourth-order valence-corrected chi connectivity index (χ4v) is 1.97. The maximum Gasteiger partial charge on any atom is 0.337 e. The average Bonchev–Trinajstić information content (AvgIpc) is 2.42. The second-order valence-corrected chi connectivity index (χ2v) is 4.53. The highest BCUT2D eigenvalue weighted by molar-refractivity contribution is 7.80.